The number of anilines is 1. The first kappa shape index (κ1) is 19.5. The molecule has 0 aliphatic rings. The summed E-state index contributed by atoms with van der Waals surface area (Å²) in [6, 6.07) is 26.6. The number of carbonyl (C=O) groups is 2. The van der Waals surface area contributed by atoms with Crippen LogP contribution < -0.4 is 4.90 Å². The molecule has 4 aromatic rings. The molecule has 4 rings (SSSR count). The Kier molecular flexibility index (Phi) is 6.02. The summed E-state index contributed by atoms with van der Waals surface area (Å²) in [6.45, 7) is 4.03. The Hall–Kier alpha value is -3.24. The molecule has 0 saturated heterocycles. The zero-order valence-corrected chi connectivity index (χ0v) is 16.7. The van der Waals surface area contributed by atoms with E-state index in [0.29, 0.717) is 0 Å². The number of amides is 1. The van der Waals surface area contributed by atoms with Crippen LogP contribution in [-0.4, -0.2) is 19.7 Å². The van der Waals surface area contributed by atoms with Gasteiger partial charge in [-0.15, -0.1) is 11.3 Å². The first-order valence-electron chi connectivity index (χ1n) is 8.85. The fraction of sp³-hybridized carbons (Fsp3) is 0.0833. The molecule has 0 spiro atoms. The maximum atomic E-state index is 13.0. The number of fused-ring (bicyclic) bond motifs is 1. The first-order chi connectivity index (χ1) is 13.6. The standard InChI is InChI=1S/C23H19NOS.CH2O/c1-16-20-10-6-7-11-21(20)26-22(16)23(25)24(2)19-14-12-18(13-15-19)17-8-4-3-5-9-17;1-2/h3-15H,1-2H3;1H2. The molecule has 0 saturated carbocycles. The van der Waals surface area contributed by atoms with Gasteiger partial charge in [0.05, 0.1) is 4.88 Å². The highest BCUT2D eigenvalue weighted by Gasteiger charge is 2.19. The van der Waals surface area contributed by atoms with Gasteiger partial charge in [-0.3, -0.25) is 4.79 Å². The minimum absolute atomic E-state index is 0.0381. The maximum absolute atomic E-state index is 13.0. The molecule has 0 fully saturated rings. The largest absolute Gasteiger partial charge is 0.311 e. The predicted molar refractivity (Wildman–Crippen MR) is 118 cm³/mol. The SMILES string of the molecule is C=O.Cc1c(C(=O)N(C)c2ccc(-c3ccccc3)cc2)sc2ccccc12. The van der Waals surface area contributed by atoms with Crippen LogP contribution in [0, 0.1) is 6.92 Å². The molecule has 28 heavy (non-hydrogen) atoms. The summed E-state index contributed by atoms with van der Waals surface area (Å²) in [6.07, 6.45) is 0. The lowest BCUT2D eigenvalue weighted by atomic mass is 10.1. The lowest BCUT2D eigenvalue weighted by Gasteiger charge is -2.17. The zero-order valence-electron chi connectivity index (χ0n) is 15.9. The van der Waals surface area contributed by atoms with E-state index < -0.39 is 0 Å². The number of benzene rings is 3. The van der Waals surface area contributed by atoms with Crippen LogP contribution in [0.5, 0.6) is 0 Å². The summed E-state index contributed by atoms with van der Waals surface area (Å²) in [4.78, 5) is 23.6. The van der Waals surface area contributed by atoms with Gasteiger partial charge in [0.15, 0.2) is 0 Å². The van der Waals surface area contributed by atoms with Crippen molar-refractivity contribution >= 4 is 39.8 Å². The second-order valence-electron chi connectivity index (χ2n) is 6.33. The summed E-state index contributed by atoms with van der Waals surface area (Å²) >= 11 is 1.56. The van der Waals surface area contributed by atoms with Crippen molar-refractivity contribution in [1.82, 2.24) is 0 Å². The number of hydrogen-bond acceptors (Lipinski definition) is 3. The molecule has 0 aliphatic heterocycles. The lowest BCUT2D eigenvalue weighted by Crippen LogP contribution is -2.25. The lowest BCUT2D eigenvalue weighted by molar-refractivity contribution is -0.0980. The molecule has 0 bridgehead atoms. The average Bonchev–Trinajstić information content (AvgIpc) is 3.11. The van der Waals surface area contributed by atoms with Crippen LogP contribution in [0.15, 0.2) is 78.9 Å². The highest BCUT2D eigenvalue weighted by molar-refractivity contribution is 7.21. The van der Waals surface area contributed by atoms with Gasteiger partial charge in [-0.25, -0.2) is 0 Å². The highest BCUT2D eigenvalue weighted by atomic mass is 32.1. The van der Waals surface area contributed by atoms with Crippen molar-refractivity contribution in [3.8, 4) is 11.1 Å². The van der Waals surface area contributed by atoms with E-state index >= 15 is 0 Å². The Morgan fingerprint density at radius 3 is 2.04 bits per heavy atom. The summed E-state index contributed by atoms with van der Waals surface area (Å²) in [5.74, 6) is 0.0381. The molecule has 0 unspecified atom stereocenters. The van der Waals surface area contributed by atoms with Gasteiger partial charge in [0.1, 0.15) is 6.79 Å². The summed E-state index contributed by atoms with van der Waals surface area (Å²) in [7, 11) is 1.84. The van der Waals surface area contributed by atoms with Crippen LogP contribution in [0.4, 0.5) is 5.69 Å². The normalized spacial score (nSPS) is 10.2. The monoisotopic (exact) mass is 387 g/mol. The van der Waals surface area contributed by atoms with Gasteiger partial charge in [-0.05, 0) is 47.2 Å². The number of aryl methyl sites for hydroxylation is 1. The second-order valence-corrected chi connectivity index (χ2v) is 7.38. The third-order valence-electron chi connectivity index (χ3n) is 4.70. The molecule has 140 valence electrons. The molecule has 0 aliphatic carbocycles. The van der Waals surface area contributed by atoms with Gasteiger partial charge in [0.2, 0.25) is 0 Å². The number of thiophene rings is 1. The van der Waals surface area contributed by atoms with E-state index in [4.69, 9.17) is 4.79 Å². The number of carbonyl (C=O) groups excluding carboxylic acids is 2. The minimum Gasteiger partial charge on any atom is -0.311 e. The maximum Gasteiger partial charge on any atom is 0.268 e. The summed E-state index contributed by atoms with van der Waals surface area (Å²) in [5, 5.41) is 1.16. The van der Waals surface area contributed by atoms with Crippen LogP contribution in [0.2, 0.25) is 0 Å². The van der Waals surface area contributed by atoms with Crippen molar-refractivity contribution in [1.29, 1.82) is 0 Å². The van der Waals surface area contributed by atoms with Gasteiger partial charge < -0.3 is 9.69 Å². The molecule has 1 aromatic heterocycles. The molecule has 0 N–H and O–H groups in total. The Balaban J connectivity index is 0.00000109. The molecular weight excluding hydrogens is 366 g/mol. The van der Waals surface area contributed by atoms with E-state index in [2.05, 4.69) is 36.4 Å². The van der Waals surface area contributed by atoms with Crippen LogP contribution in [0.3, 0.4) is 0 Å². The van der Waals surface area contributed by atoms with Crippen molar-refractivity contribution < 1.29 is 9.59 Å². The Morgan fingerprint density at radius 1 is 0.821 bits per heavy atom. The number of hydrogen-bond donors (Lipinski definition) is 0. The predicted octanol–water partition coefficient (Wildman–Crippen LogP) is 5.97. The molecule has 0 atom stereocenters. The molecule has 3 nitrogen and oxygen atoms in total. The van der Waals surface area contributed by atoms with Crippen LogP contribution in [0.25, 0.3) is 21.2 Å². The third-order valence-corrected chi connectivity index (χ3v) is 5.97. The van der Waals surface area contributed by atoms with Crippen molar-refractivity contribution in [2.45, 2.75) is 6.92 Å². The number of rotatable bonds is 3. The Morgan fingerprint density at radius 2 is 1.39 bits per heavy atom. The van der Waals surface area contributed by atoms with E-state index in [1.54, 1.807) is 16.2 Å². The average molecular weight is 388 g/mol. The van der Waals surface area contributed by atoms with E-state index in [1.165, 1.54) is 5.56 Å². The second kappa shape index (κ2) is 8.63. The molecule has 0 radical (unpaired) electrons. The van der Waals surface area contributed by atoms with Crippen LogP contribution in [-0.2, 0) is 4.79 Å². The quantitative estimate of drug-likeness (QED) is 0.434. The van der Waals surface area contributed by atoms with E-state index in [0.717, 1.165) is 31.8 Å². The van der Waals surface area contributed by atoms with Crippen molar-refractivity contribution in [3.63, 3.8) is 0 Å². The smallest absolute Gasteiger partial charge is 0.268 e. The molecule has 3 aromatic carbocycles. The van der Waals surface area contributed by atoms with Gasteiger partial charge >= 0.3 is 0 Å². The van der Waals surface area contributed by atoms with E-state index in [1.807, 2.05) is 63.2 Å². The Labute approximate surface area is 168 Å². The minimum atomic E-state index is 0.0381. The molecular formula is C24H21NO2S. The molecule has 1 heterocycles. The van der Waals surface area contributed by atoms with Crippen molar-refractivity contribution in [2.75, 3.05) is 11.9 Å². The molecule has 4 heteroatoms. The van der Waals surface area contributed by atoms with E-state index in [-0.39, 0.29) is 5.91 Å². The number of nitrogens with zero attached hydrogens (tertiary/aromatic N) is 1. The van der Waals surface area contributed by atoms with E-state index in [9.17, 15) is 4.79 Å². The Bertz CT molecular complexity index is 1080. The van der Waals surface area contributed by atoms with Crippen molar-refractivity contribution in [2.24, 2.45) is 0 Å². The van der Waals surface area contributed by atoms with Gasteiger partial charge in [-0.1, -0.05) is 60.7 Å². The van der Waals surface area contributed by atoms with Gasteiger partial charge in [0, 0.05) is 17.4 Å². The van der Waals surface area contributed by atoms with Gasteiger partial charge in [-0.2, -0.15) is 0 Å². The van der Waals surface area contributed by atoms with Crippen LogP contribution in [0.1, 0.15) is 15.2 Å². The fourth-order valence-corrected chi connectivity index (χ4v) is 4.34. The van der Waals surface area contributed by atoms with Crippen LogP contribution >= 0.6 is 11.3 Å². The highest BCUT2D eigenvalue weighted by Crippen LogP contribution is 2.32. The zero-order chi connectivity index (χ0) is 20.1. The topological polar surface area (TPSA) is 37.4 Å². The van der Waals surface area contributed by atoms with Crippen molar-refractivity contribution in [3.05, 3.63) is 89.3 Å². The van der Waals surface area contributed by atoms with Gasteiger partial charge in [0.25, 0.3) is 5.91 Å². The molecule has 1 amide bonds. The summed E-state index contributed by atoms with van der Waals surface area (Å²) < 4.78 is 1.15. The third kappa shape index (κ3) is 3.73. The fourth-order valence-electron chi connectivity index (χ4n) is 3.16. The summed E-state index contributed by atoms with van der Waals surface area (Å²) in [5.41, 5.74) is 4.27. The first-order valence-corrected chi connectivity index (χ1v) is 9.67.